The molecule has 484 valence electrons. The quantitative estimate of drug-likeness (QED) is 0.129. The third-order valence-electron chi connectivity index (χ3n) is 22.1. The molecule has 0 aromatic heterocycles. The summed E-state index contributed by atoms with van der Waals surface area (Å²) >= 11 is 3.64. The lowest BCUT2D eigenvalue weighted by Gasteiger charge is -2.23. The molecule has 4 heteroatoms. The van der Waals surface area contributed by atoms with Crippen LogP contribution in [0.3, 0.4) is 0 Å². The molecule has 0 fully saturated rings. The van der Waals surface area contributed by atoms with Gasteiger partial charge in [0.1, 0.15) is 0 Å². The van der Waals surface area contributed by atoms with Crippen LogP contribution in [0.25, 0.3) is 164 Å². The summed E-state index contributed by atoms with van der Waals surface area (Å²) in [5, 5.41) is 39.1. The summed E-state index contributed by atoms with van der Waals surface area (Å²) in [5.41, 5.74) is 23.9. The van der Waals surface area contributed by atoms with E-state index in [-0.39, 0.29) is 10.8 Å². The third kappa shape index (κ3) is 10.6. The number of benzene rings is 18. The van der Waals surface area contributed by atoms with Gasteiger partial charge in [0.2, 0.25) is 0 Å². The zero-order chi connectivity index (χ0) is 69.0. The molecule has 2 aliphatic rings. The van der Waals surface area contributed by atoms with E-state index in [9.17, 15) is 10.0 Å². The Bertz CT molecular complexity index is 6460. The molecule has 0 saturated heterocycles. The molecule has 2 nitrogen and oxygen atoms in total. The SMILES string of the molecule is CC1(C)c2cc(-c3ccc4ccccc4c3)ccc2-c2ccc(-c3ccc(-c4cc5ccccc5c5ccccc45)c4ccccc34)cc21.CC1(C)c2cc(Br)ccc2-c2ccc(-c3ccc4ccccc4c3)cc21.OB(O)c1ccc(-c2cc3ccccc3c3ccccc23)c2ccccc12. The first-order chi connectivity index (χ1) is 49.8. The van der Waals surface area contributed by atoms with Gasteiger partial charge in [-0.3, -0.25) is 0 Å². The fraction of sp³-hybridized carbons (Fsp3) is 0.0612. The van der Waals surface area contributed by atoms with Gasteiger partial charge in [-0.25, -0.2) is 0 Å². The minimum absolute atomic E-state index is 0.0152. The standard InChI is InChI=1S/C49H34.C25H19Br.C24H17BO2/c1-49(2)47-29-34(33-20-19-31-11-3-4-12-32(31)27-33)21-23-44(47)45-24-22-36(30-48(45)49)38-25-26-43(41-17-9-7-16-40(38)41)46-28-35-13-5-6-14-37(35)39-15-8-10-18-42(39)46;1-25(2)23-14-19(18-8-7-16-5-3-4-6-17(16)13-18)9-11-21(23)22-12-10-20(26)15-24(22)25;26-25(27)24-14-13-21(19-10-5-6-12-22(19)24)23-15-16-7-1-2-8-17(16)18-9-3-4-11-20(18)23/h3-30H,1-2H3;3-15H,1-2H3;1-15,26-27H. The highest BCUT2D eigenvalue weighted by Gasteiger charge is 2.37. The van der Waals surface area contributed by atoms with Gasteiger partial charge in [-0.15, -0.1) is 0 Å². The summed E-state index contributed by atoms with van der Waals surface area (Å²) in [6.45, 7) is 9.43. The number of hydrogen-bond acceptors (Lipinski definition) is 2. The van der Waals surface area contributed by atoms with E-state index >= 15 is 0 Å². The second kappa shape index (κ2) is 25.0. The second-order valence-corrected chi connectivity index (χ2v) is 29.5. The minimum atomic E-state index is -1.49. The van der Waals surface area contributed by atoms with Crippen LogP contribution in [0.5, 0.6) is 0 Å². The van der Waals surface area contributed by atoms with Crippen molar-refractivity contribution in [1.82, 2.24) is 0 Å². The van der Waals surface area contributed by atoms with Gasteiger partial charge in [0.25, 0.3) is 0 Å². The summed E-state index contributed by atoms with van der Waals surface area (Å²) in [6.07, 6.45) is 0. The van der Waals surface area contributed by atoms with Crippen LogP contribution in [0.15, 0.2) is 344 Å². The summed E-state index contributed by atoms with van der Waals surface area (Å²) in [7, 11) is -1.49. The lowest BCUT2D eigenvalue weighted by Crippen LogP contribution is -2.30. The highest BCUT2D eigenvalue weighted by molar-refractivity contribution is 9.10. The number of halogens is 1. The van der Waals surface area contributed by atoms with E-state index < -0.39 is 7.12 Å². The predicted octanol–water partition coefficient (Wildman–Crippen LogP) is 25.7. The molecule has 0 amide bonds. The van der Waals surface area contributed by atoms with Crippen LogP contribution in [-0.4, -0.2) is 17.2 Å². The zero-order valence-corrected chi connectivity index (χ0v) is 58.8. The molecule has 2 N–H and O–H groups in total. The molecule has 0 radical (unpaired) electrons. The van der Waals surface area contributed by atoms with Crippen molar-refractivity contribution in [2.75, 3.05) is 0 Å². The first-order valence-corrected chi connectivity index (χ1v) is 36.1. The Labute approximate surface area is 603 Å². The van der Waals surface area contributed by atoms with Crippen molar-refractivity contribution in [3.05, 3.63) is 366 Å². The van der Waals surface area contributed by atoms with Crippen LogP contribution in [0.4, 0.5) is 0 Å². The van der Waals surface area contributed by atoms with Crippen LogP contribution in [0.2, 0.25) is 0 Å². The molecule has 18 aromatic carbocycles. The van der Waals surface area contributed by atoms with Crippen LogP contribution in [0.1, 0.15) is 49.9 Å². The maximum atomic E-state index is 9.75. The van der Waals surface area contributed by atoms with Gasteiger partial charge in [-0.2, -0.15) is 0 Å². The summed E-state index contributed by atoms with van der Waals surface area (Å²) < 4.78 is 1.15. The van der Waals surface area contributed by atoms with E-state index in [0.717, 1.165) is 26.4 Å². The third-order valence-corrected chi connectivity index (χ3v) is 22.6. The van der Waals surface area contributed by atoms with E-state index in [2.05, 4.69) is 347 Å². The maximum absolute atomic E-state index is 9.75. The van der Waals surface area contributed by atoms with Crippen LogP contribution in [-0.2, 0) is 10.8 Å². The molecule has 2 aliphatic carbocycles. The van der Waals surface area contributed by atoms with Crippen molar-refractivity contribution in [1.29, 1.82) is 0 Å². The van der Waals surface area contributed by atoms with E-state index in [0.29, 0.717) is 5.46 Å². The average molecular weight is 1370 g/mol. The molecule has 0 saturated carbocycles. The van der Waals surface area contributed by atoms with Crippen LogP contribution in [0, 0.1) is 0 Å². The van der Waals surface area contributed by atoms with E-state index in [1.165, 1.54) is 164 Å². The molecular formula is C98H70BBrO2. The van der Waals surface area contributed by atoms with Crippen LogP contribution >= 0.6 is 15.9 Å². The molecule has 102 heavy (non-hydrogen) atoms. The summed E-state index contributed by atoms with van der Waals surface area (Å²) in [6, 6.07) is 123. The lowest BCUT2D eigenvalue weighted by molar-refractivity contribution is 0.426. The largest absolute Gasteiger partial charge is 0.489 e. The van der Waals surface area contributed by atoms with Gasteiger partial charge in [0.05, 0.1) is 0 Å². The Morgan fingerprint density at radius 2 is 0.510 bits per heavy atom. The second-order valence-electron chi connectivity index (χ2n) is 28.6. The number of hydrogen-bond donors (Lipinski definition) is 2. The number of fused-ring (bicyclic) bond motifs is 16. The summed E-state index contributed by atoms with van der Waals surface area (Å²) in [5.74, 6) is 0. The monoisotopic (exact) mass is 1370 g/mol. The first kappa shape index (κ1) is 62.7. The van der Waals surface area contributed by atoms with Crippen molar-refractivity contribution >= 4 is 115 Å². The molecule has 0 spiro atoms. The maximum Gasteiger partial charge on any atom is 0.489 e. The Hall–Kier alpha value is -11.5. The van der Waals surface area contributed by atoms with Crippen molar-refractivity contribution in [3.63, 3.8) is 0 Å². The van der Waals surface area contributed by atoms with Crippen molar-refractivity contribution in [3.8, 4) is 77.9 Å². The molecule has 0 bridgehead atoms. The van der Waals surface area contributed by atoms with E-state index in [1.54, 1.807) is 0 Å². The Morgan fingerprint density at radius 3 is 0.971 bits per heavy atom. The minimum Gasteiger partial charge on any atom is -0.423 e. The van der Waals surface area contributed by atoms with Crippen LogP contribution < -0.4 is 5.46 Å². The average Bonchev–Trinajstić information content (AvgIpc) is 1.47. The molecule has 0 atom stereocenters. The van der Waals surface area contributed by atoms with Gasteiger partial charge in [0, 0.05) is 15.3 Å². The van der Waals surface area contributed by atoms with Crippen molar-refractivity contribution < 1.29 is 10.0 Å². The van der Waals surface area contributed by atoms with Gasteiger partial charge in [0.15, 0.2) is 0 Å². The molecule has 0 unspecified atom stereocenters. The zero-order valence-electron chi connectivity index (χ0n) is 57.2. The Balaban J connectivity index is 0.000000119. The molecule has 18 aromatic rings. The first-order valence-electron chi connectivity index (χ1n) is 35.3. The van der Waals surface area contributed by atoms with Gasteiger partial charge in [-0.1, -0.05) is 329 Å². The molecular weight excluding hydrogens is 1300 g/mol. The smallest absolute Gasteiger partial charge is 0.423 e. The lowest BCUT2D eigenvalue weighted by atomic mass is 9.75. The highest BCUT2D eigenvalue weighted by atomic mass is 79.9. The number of rotatable bonds is 6. The summed E-state index contributed by atoms with van der Waals surface area (Å²) in [4.78, 5) is 0. The molecule has 0 heterocycles. The predicted molar refractivity (Wildman–Crippen MR) is 439 cm³/mol. The molecule has 20 rings (SSSR count). The van der Waals surface area contributed by atoms with Gasteiger partial charge in [-0.05, 0) is 246 Å². The molecule has 0 aliphatic heterocycles. The highest BCUT2D eigenvalue weighted by Crippen LogP contribution is 2.53. The fourth-order valence-corrected chi connectivity index (χ4v) is 17.2. The van der Waals surface area contributed by atoms with E-state index in [4.69, 9.17) is 0 Å². The van der Waals surface area contributed by atoms with Gasteiger partial charge >= 0.3 is 7.12 Å². The van der Waals surface area contributed by atoms with E-state index in [1.807, 2.05) is 36.4 Å². The van der Waals surface area contributed by atoms with Crippen molar-refractivity contribution in [2.24, 2.45) is 0 Å². The fourth-order valence-electron chi connectivity index (χ4n) is 16.8. The topological polar surface area (TPSA) is 40.5 Å². The van der Waals surface area contributed by atoms with Gasteiger partial charge < -0.3 is 10.0 Å². The Kier molecular flexibility index (Phi) is 15.4. The normalized spacial score (nSPS) is 13.0. The Morgan fingerprint density at radius 1 is 0.216 bits per heavy atom. The van der Waals surface area contributed by atoms with Crippen molar-refractivity contribution in [2.45, 2.75) is 38.5 Å².